The largest absolute Gasteiger partial charge is 0.468 e. The fraction of sp³-hybridized carbons (Fsp3) is 0.364. The quantitative estimate of drug-likeness (QED) is 0.589. The number of hydrogen-bond acceptors (Lipinski definition) is 2. The van der Waals surface area contributed by atoms with Crippen LogP contribution < -0.4 is 0 Å². The second kappa shape index (κ2) is 5.12. The molecular formula is C11H12ClFO2. The van der Waals surface area contributed by atoms with Crippen LogP contribution in [0.15, 0.2) is 18.2 Å². The Bertz CT molecular complexity index is 366. The highest BCUT2D eigenvalue weighted by molar-refractivity contribution is 6.30. The van der Waals surface area contributed by atoms with Gasteiger partial charge in [0.2, 0.25) is 0 Å². The summed E-state index contributed by atoms with van der Waals surface area (Å²) in [6.07, 6.45) is 0.139. The summed E-state index contributed by atoms with van der Waals surface area (Å²) in [5.41, 5.74) is 1.26. The van der Waals surface area contributed by atoms with Crippen molar-refractivity contribution < 1.29 is 13.9 Å². The van der Waals surface area contributed by atoms with Crippen LogP contribution in [0.25, 0.3) is 0 Å². The fourth-order valence-electron chi connectivity index (χ4n) is 1.22. The molecule has 0 aliphatic carbocycles. The van der Waals surface area contributed by atoms with Crippen molar-refractivity contribution in [1.82, 2.24) is 0 Å². The lowest BCUT2D eigenvalue weighted by Gasteiger charge is -2.08. The predicted molar refractivity (Wildman–Crippen MR) is 56.5 cm³/mol. The van der Waals surface area contributed by atoms with Crippen LogP contribution in [0.5, 0.6) is 0 Å². The molecule has 1 aromatic carbocycles. The number of alkyl halides is 1. The minimum absolute atomic E-state index is 0.139. The number of halogens is 2. The van der Waals surface area contributed by atoms with E-state index in [0.29, 0.717) is 5.56 Å². The van der Waals surface area contributed by atoms with E-state index in [1.807, 2.05) is 0 Å². The molecule has 0 radical (unpaired) electrons. The fourth-order valence-corrected chi connectivity index (χ4v) is 1.48. The first-order chi connectivity index (χ1) is 7.04. The van der Waals surface area contributed by atoms with Crippen LogP contribution in [-0.4, -0.2) is 18.5 Å². The van der Waals surface area contributed by atoms with Crippen LogP contribution in [0.1, 0.15) is 11.1 Å². The van der Waals surface area contributed by atoms with Gasteiger partial charge in [0.15, 0.2) is 0 Å². The lowest BCUT2D eigenvalue weighted by molar-refractivity contribution is -0.140. The van der Waals surface area contributed by atoms with Crippen LogP contribution in [0.2, 0.25) is 0 Å². The van der Waals surface area contributed by atoms with Crippen molar-refractivity contribution >= 4 is 17.6 Å². The first-order valence-corrected chi connectivity index (χ1v) is 4.95. The van der Waals surface area contributed by atoms with Crippen molar-refractivity contribution in [2.75, 3.05) is 7.11 Å². The topological polar surface area (TPSA) is 26.3 Å². The van der Waals surface area contributed by atoms with Crippen molar-refractivity contribution in [3.8, 4) is 0 Å². The molecule has 0 saturated heterocycles. The average Bonchev–Trinajstić information content (AvgIpc) is 2.20. The molecule has 0 fully saturated rings. The Labute approximate surface area is 93.0 Å². The molecule has 1 unspecified atom stereocenters. The van der Waals surface area contributed by atoms with Gasteiger partial charge in [-0.15, -0.1) is 11.6 Å². The minimum atomic E-state index is -0.841. The van der Waals surface area contributed by atoms with Crippen LogP contribution in [-0.2, 0) is 16.0 Å². The number of benzene rings is 1. The molecule has 1 atom stereocenters. The van der Waals surface area contributed by atoms with Crippen LogP contribution in [0, 0.1) is 12.7 Å². The minimum Gasteiger partial charge on any atom is -0.468 e. The Kier molecular flexibility index (Phi) is 4.09. The molecule has 0 aliphatic heterocycles. The summed E-state index contributed by atoms with van der Waals surface area (Å²) in [5.74, 6) is -0.888. The maximum atomic E-state index is 13.4. The number of ether oxygens (including phenoxy) is 1. The van der Waals surface area contributed by atoms with Crippen molar-refractivity contribution in [2.45, 2.75) is 18.7 Å². The maximum Gasteiger partial charge on any atom is 0.324 e. The molecule has 0 amide bonds. The molecule has 1 rings (SSSR count). The highest BCUT2D eigenvalue weighted by Gasteiger charge is 2.17. The van der Waals surface area contributed by atoms with Gasteiger partial charge in [-0.2, -0.15) is 0 Å². The van der Waals surface area contributed by atoms with Gasteiger partial charge in [-0.3, -0.25) is 4.79 Å². The zero-order valence-corrected chi connectivity index (χ0v) is 9.34. The Morgan fingerprint density at radius 2 is 2.27 bits per heavy atom. The van der Waals surface area contributed by atoms with E-state index in [2.05, 4.69) is 4.74 Å². The number of hydrogen-bond donors (Lipinski definition) is 0. The van der Waals surface area contributed by atoms with E-state index >= 15 is 0 Å². The molecule has 0 aromatic heterocycles. The van der Waals surface area contributed by atoms with Gasteiger partial charge in [-0.05, 0) is 24.1 Å². The highest BCUT2D eigenvalue weighted by atomic mass is 35.5. The third-order valence-electron chi connectivity index (χ3n) is 2.06. The number of aryl methyl sites for hydroxylation is 1. The zero-order chi connectivity index (χ0) is 11.4. The molecule has 0 N–H and O–H groups in total. The Hall–Kier alpha value is -1.09. The van der Waals surface area contributed by atoms with Crippen molar-refractivity contribution in [1.29, 1.82) is 0 Å². The standard InChI is InChI=1S/C11H12ClFO2/c1-7-3-4-8(10(13)5-7)6-9(12)11(14)15-2/h3-5,9H,6H2,1-2H3. The molecule has 0 aliphatic rings. The summed E-state index contributed by atoms with van der Waals surface area (Å²) in [4.78, 5) is 11.0. The number of esters is 1. The van der Waals surface area contributed by atoms with Gasteiger partial charge in [0.05, 0.1) is 7.11 Å². The first kappa shape index (κ1) is 12.0. The van der Waals surface area contributed by atoms with Gasteiger partial charge < -0.3 is 4.74 Å². The molecule has 2 nitrogen and oxygen atoms in total. The Balaban J connectivity index is 2.76. The molecule has 82 valence electrons. The third kappa shape index (κ3) is 3.20. The molecule has 1 aromatic rings. The number of methoxy groups -OCH3 is 1. The summed E-state index contributed by atoms with van der Waals surface area (Å²) >= 11 is 5.74. The first-order valence-electron chi connectivity index (χ1n) is 4.51. The van der Waals surface area contributed by atoms with E-state index in [-0.39, 0.29) is 12.2 Å². The van der Waals surface area contributed by atoms with E-state index in [1.54, 1.807) is 19.1 Å². The van der Waals surface area contributed by atoms with E-state index in [4.69, 9.17) is 11.6 Å². The average molecular weight is 231 g/mol. The second-order valence-corrected chi connectivity index (χ2v) is 3.82. The molecule has 15 heavy (non-hydrogen) atoms. The summed E-state index contributed by atoms with van der Waals surface area (Å²) < 4.78 is 17.8. The van der Waals surface area contributed by atoms with Gasteiger partial charge >= 0.3 is 5.97 Å². The lowest BCUT2D eigenvalue weighted by atomic mass is 10.1. The number of rotatable bonds is 3. The smallest absolute Gasteiger partial charge is 0.324 e. The Morgan fingerprint density at radius 1 is 1.60 bits per heavy atom. The molecule has 0 heterocycles. The lowest BCUT2D eigenvalue weighted by Crippen LogP contribution is -2.19. The third-order valence-corrected chi connectivity index (χ3v) is 2.40. The molecular weight excluding hydrogens is 219 g/mol. The summed E-state index contributed by atoms with van der Waals surface area (Å²) in [5, 5.41) is -0.841. The summed E-state index contributed by atoms with van der Waals surface area (Å²) in [6.45, 7) is 1.80. The molecule has 4 heteroatoms. The monoisotopic (exact) mass is 230 g/mol. The van der Waals surface area contributed by atoms with Crippen molar-refractivity contribution in [3.05, 3.63) is 35.1 Å². The molecule has 0 bridgehead atoms. The maximum absolute atomic E-state index is 13.4. The van der Waals surface area contributed by atoms with Gasteiger partial charge in [0, 0.05) is 6.42 Å². The van der Waals surface area contributed by atoms with E-state index in [1.165, 1.54) is 13.2 Å². The SMILES string of the molecule is COC(=O)C(Cl)Cc1ccc(C)cc1F. The number of carbonyl (C=O) groups is 1. The zero-order valence-electron chi connectivity index (χ0n) is 8.59. The molecule has 0 spiro atoms. The summed E-state index contributed by atoms with van der Waals surface area (Å²) in [6, 6.07) is 4.82. The summed E-state index contributed by atoms with van der Waals surface area (Å²) in [7, 11) is 1.25. The van der Waals surface area contributed by atoms with E-state index in [9.17, 15) is 9.18 Å². The van der Waals surface area contributed by atoms with Gasteiger partial charge in [0.25, 0.3) is 0 Å². The normalized spacial score (nSPS) is 12.3. The van der Waals surface area contributed by atoms with Crippen molar-refractivity contribution in [2.24, 2.45) is 0 Å². The predicted octanol–water partition coefficient (Wildman–Crippen LogP) is 2.46. The van der Waals surface area contributed by atoms with Gasteiger partial charge in [-0.25, -0.2) is 4.39 Å². The van der Waals surface area contributed by atoms with E-state index < -0.39 is 11.3 Å². The van der Waals surface area contributed by atoms with Crippen LogP contribution >= 0.6 is 11.6 Å². The van der Waals surface area contributed by atoms with Gasteiger partial charge in [0.1, 0.15) is 11.2 Å². The Morgan fingerprint density at radius 3 is 2.80 bits per heavy atom. The highest BCUT2D eigenvalue weighted by Crippen LogP contribution is 2.15. The van der Waals surface area contributed by atoms with E-state index in [0.717, 1.165) is 5.56 Å². The molecule has 0 saturated carbocycles. The van der Waals surface area contributed by atoms with Crippen LogP contribution in [0.3, 0.4) is 0 Å². The second-order valence-electron chi connectivity index (χ2n) is 3.29. The van der Waals surface area contributed by atoms with Crippen molar-refractivity contribution in [3.63, 3.8) is 0 Å². The van der Waals surface area contributed by atoms with Gasteiger partial charge in [-0.1, -0.05) is 12.1 Å². The van der Waals surface area contributed by atoms with Crippen LogP contribution in [0.4, 0.5) is 4.39 Å². The number of carbonyl (C=O) groups excluding carboxylic acids is 1.